The lowest BCUT2D eigenvalue weighted by Crippen LogP contribution is -2.70. The molecule has 4 aromatic rings. The van der Waals surface area contributed by atoms with E-state index in [0.717, 1.165) is 16.7 Å². The number of hydrogen-bond donors (Lipinski definition) is 2. The van der Waals surface area contributed by atoms with Gasteiger partial charge < -0.3 is 19.0 Å². The second-order valence-electron chi connectivity index (χ2n) is 7.06. The van der Waals surface area contributed by atoms with Gasteiger partial charge in [-0.3, -0.25) is 4.79 Å². The van der Waals surface area contributed by atoms with Crippen LogP contribution in [0.15, 0.2) is 58.3 Å². The summed E-state index contributed by atoms with van der Waals surface area (Å²) in [5, 5.41) is 13.8. The van der Waals surface area contributed by atoms with E-state index in [1.807, 2.05) is 35.7 Å². The molecule has 2 heterocycles. The van der Waals surface area contributed by atoms with Gasteiger partial charge in [0.15, 0.2) is 5.69 Å². The van der Waals surface area contributed by atoms with Gasteiger partial charge in [-0.15, -0.1) is 10.2 Å². The number of phenols is 1. The monoisotopic (exact) mass is 536 g/mol. The Morgan fingerprint density at radius 2 is 1.83 bits per heavy atom. The first-order valence-corrected chi connectivity index (χ1v) is 12.4. The minimum atomic E-state index is -4.94. The Morgan fingerprint density at radius 1 is 1.14 bits per heavy atom. The third-order valence-electron chi connectivity index (χ3n) is 4.55. The third kappa shape index (κ3) is 8.02. The largest absolute Gasteiger partial charge is 0.508 e. The zero-order valence-corrected chi connectivity index (χ0v) is 20.6. The van der Waals surface area contributed by atoms with Gasteiger partial charge in [0, 0.05) is 17.0 Å². The van der Waals surface area contributed by atoms with Crippen molar-refractivity contribution in [3.05, 3.63) is 65.0 Å². The number of aromatic nitrogens is 1. The van der Waals surface area contributed by atoms with Crippen LogP contribution < -0.4 is 33.7 Å². The average molecular weight is 537 g/mol. The summed E-state index contributed by atoms with van der Waals surface area (Å²) in [5.74, 6) is 1.22. The van der Waals surface area contributed by atoms with E-state index in [9.17, 15) is 9.90 Å². The number of rotatable bonds is 6. The summed E-state index contributed by atoms with van der Waals surface area (Å²) in [6.45, 7) is 2.11. The van der Waals surface area contributed by atoms with Gasteiger partial charge in [-0.1, -0.05) is 11.3 Å². The SMILES string of the molecule is CCOC(=O)Cc1csc(/[NH+]=c2\cc(-c3ccc(OC)cc3)oc3ccc(O)cc23)n1.[O-][Cl+3]([O-])([O-])[O-]. The summed E-state index contributed by atoms with van der Waals surface area (Å²) >= 11 is 1.38. The normalized spacial score (nSPS) is 11.7. The van der Waals surface area contributed by atoms with Crippen LogP contribution in [0, 0.1) is 10.2 Å². The van der Waals surface area contributed by atoms with Crippen LogP contribution in [-0.4, -0.2) is 29.8 Å². The number of thiazole rings is 1. The fourth-order valence-electron chi connectivity index (χ4n) is 3.10. The summed E-state index contributed by atoms with van der Waals surface area (Å²) in [6, 6.07) is 14.3. The van der Waals surface area contributed by atoms with Crippen molar-refractivity contribution in [3.8, 4) is 22.8 Å². The number of aromatic hydroxyl groups is 1. The summed E-state index contributed by atoms with van der Waals surface area (Å²) < 4.78 is 50.2. The molecule has 190 valence electrons. The fourth-order valence-corrected chi connectivity index (χ4v) is 3.82. The average Bonchev–Trinajstić information content (AvgIpc) is 3.25. The maximum Gasteiger partial charge on any atom is 0.380 e. The first kappa shape index (κ1) is 27.1. The van der Waals surface area contributed by atoms with Crippen molar-refractivity contribution in [2.75, 3.05) is 13.7 Å². The molecule has 0 amide bonds. The van der Waals surface area contributed by atoms with Crippen molar-refractivity contribution in [1.82, 2.24) is 4.98 Å². The van der Waals surface area contributed by atoms with Gasteiger partial charge in [-0.25, -0.2) is 23.6 Å². The number of esters is 1. The Kier molecular flexibility index (Phi) is 8.98. The van der Waals surface area contributed by atoms with Crippen molar-refractivity contribution in [2.45, 2.75) is 13.3 Å². The minimum absolute atomic E-state index is 0.120. The molecule has 11 nitrogen and oxygen atoms in total. The highest BCUT2D eigenvalue weighted by Crippen LogP contribution is 2.25. The molecule has 2 aromatic carbocycles. The second kappa shape index (κ2) is 11.9. The number of fused-ring (bicyclic) bond motifs is 1. The van der Waals surface area contributed by atoms with Crippen LogP contribution in [0.5, 0.6) is 11.5 Å². The van der Waals surface area contributed by atoms with E-state index in [4.69, 9.17) is 32.5 Å². The van der Waals surface area contributed by atoms with E-state index in [1.165, 1.54) is 11.3 Å². The van der Waals surface area contributed by atoms with Gasteiger partial charge in [0.05, 0.1) is 19.1 Å². The molecule has 0 saturated carbocycles. The van der Waals surface area contributed by atoms with E-state index in [1.54, 1.807) is 32.2 Å². The molecule has 2 N–H and O–H groups in total. The van der Waals surface area contributed by atoms with Gasteiger partial charge in [0.25, 0.3) is 0 Å². The predicted octanol–water partition coefficient (Wildman–Crippen LogP) is -2.07. The topological polar surface area (TPSA) is 188 Å². The maximum absolute atomic E-state index is 11.7. The quantitative estimate of drug-likeness (QED) is 0.259. The van der Waals surface area contributed by atoms with Crippen LogP contribution in [0.2, 0.25) is 0 Å². The van der Waals surface area contributed by atoms with Gasteiger partial charge in [0.2, 0.25) is 0 Å². The molecular weight excluding hydrogens is 516 g/mol. The van der Waals surface area contributed by atoms with Gasteiger partial charge in [0.1, 0.15) is 34.6 Å². The van der Waals surface area contributed by atoms with E-state index < -0.39 is 10.2 Å². The third-order valence-corrected chi connectivity index (χ3v) is 5.35. The summed E-state index contributed by atoms with van der Waals surface area (Å²) in [4.78, 5) is 19.5. The molecule has 13 heteroatoms. The molecule has 2 aromatic heterocycles. The van der Waals surface area contributed by atoms with Crippen LogP contribution >= 0.6 is 11.3 Å². The van der Waals surface area contributed by atoms with Crippen LogP contribution in [0.1, 0.15) is 12.6 Å². The fraction of sp³-hybridized carbons (Fsp3) is 0.174. The van der Waals surface area contributed by atoms with Crippen LogP contribution in [0.3, 0.4) is 0 Å². The lowest BCUT2D eigenvalue weighted by atomic mass is 10.1. The Balaban J connectivity index is 0.000000658. The van der Waals surface area contributed by atoms with Crippen molar-refractivity contribution in [2.24, 2.45) is 0 Å². The standard InChI is InChI=1S/C23H20N2O5S.ClHO4/c1-3-29-22(27)10-15-13-31-23(24-15)25-19-12-21(14-4-7-17(28-2)8-5-14)30-20-9-6-16(26)11-18(19)20;2-1(3,4)5/h4-9,11-13,26H,3,10H2,1-2H3;(H,2,3,4,5)/b25-19+;. The lowest BCUT2D eigenvalue weighted by molar-refractivity contribution is -2.00. The van der Waals surface area contributed by atoms with Crippen molar-refractivity contribution < 1.29 is 57.7 Å². The van der Waals surface area contributed by atoms with Crippen LogP contribution in [0.4, 0.5) is 5.13 Å². The Hall–Kier alpha value is -3.52. The Morgan fingerprint density at radius 3 is 2.47 bits per heavy atom. The molecule has 36 heavy (non-hydrogen) atoms. The zero-order valence-electron chi connectivity index (χ0n) is 19.1. The van der Waals surface area contributed by atoms with Gasteiger partial charge in [-0.05, 0) is 54.4 Å². The molecular formula is C23H21ClN2O9S. The molecule has 0 atom stereocenters. The Bertz CT molecular complexity index is 1390. The molecule has 4 rings (SSSR count). The molecule has 0 radical (unpaired) electrons. The number of methoxy groups -OCH3 is 1. The molecule has 0 bridgehead atoms. The minimum Gasteiger partial charge on any atom is -0.508 e. The number of carbonyl (C=O) groups excluding carboxylic acids is 1. The van der Waals surface area contributed by atoms with E-state index in [-0.39, 0.29) is 18.1 Å². The lowest BCUT2D eigenvalue weighted by Gasteiger charge is -2.17. The molecule has 0 saturated heterocycles. The summed E-state index contributed by atoms with van der Waals surface area (Å²) in [7, 11) is -3.33. The van der Waals surface area contributed by atoms with Gasteiger partial charge in [-0.2, -0.15) is 0 Å². The number of carbonyl (C=O) groups is 1. The number of ether oxygens (including phenoxy) is 2. The molecule has 0 spiro atoms. The zero-order chi connectivity index (χ0) is 26.3. The van der Waals surface area contributed by atoms with Crippen molar-refractivity contribution in [3.63, 3.8) is 0 Å². The van der Waals surface area contributed by atoms with E-state index in [2.05, 4.69) is 9.98 Å². The number of nitrogens with zero attached hydrogens (tertiary/aromatic N) is 1. The number of phenolic OH excluding ortho intramolecular Hbond substituents is 1. The number of hydrogen-bond acceptors (Lipinski definition) is 11. The highest BCUT2D eigenvalue weighted by Gasteiger charge is 2.15. The van der Waals surface area contributed by atoms with Crippen LogP contribution in [0.25, 0.3) is 22.3 Å². The first-order chi connectivity index (χ1) is 17.1. The van der Waals surface area contributed by atoms with Gasteiger partial charge >= 0.3 is 11.1 Å². The molecule has 0 unspecified atom stereocenters. The maximum atomic E-state index is 11.7. The first-order valence-electron chi connectivity index (χ1n) is 10.3. The highest BCUT2D eigenvalue weighted by molar-refractivity contribution is 7.12. The highest BCUT2D eigenvalue weighted by atomic mass is 35.7. The number of benzene rings is 2. The summed E-state index contributed by atoms with van der Waals surface area (Å²) in [6.07, 6.45) is 0.120. The predicted molar refractivity (Wildman–Crippen MR) is 116 cm³/mol. The van der Waals surface area contributed by atoms with Crippen LogP contribution in [-0.2, 0) is 16.0 Å². The summed E-state index contributed by atoms with van der Waals surface area (Å²) in [5.41, 5.74) is 2.12. The second-order valence-corrected chi connectivity index (χ2v) is 8.68. The molecule has 0 aliphatic rings. The molecule has 0 aliphatic carbocycles. The van der Waals surface area contributed by atoms with E-state index in [0.29, 0.717) is 34.2 Å². The smallest absolute Gasteiger partial charge is 0.380 e. The molecule has 0 aliphatic heterocycles. The van der Waals surface area contributed by atoms with Crippen molar-refractivity contribution >= 4 is 33.4 Å². The number of nitrogens with one attached hydrogen (secondary N) is 1. The Labute approximate surface area is 210 Å². The van der Waals surface area contributed by atoms with Crippen molar-refractivity contribution in [1.29, 1.82) is 0 Å². The molecule has 0 fully saturated rings. The van der Waals surface area contributed by atoms with E-state index >= 15 is 0 Å². The number of halogens is 1.